The molecule has 0 aliphatic carbocycles. The summed E-state index contributed by atoms with van der Waals surface area (Å²) in [4.78, 5) is 0. The molecule has 0 saturated carbocycles. The van der Waals surface area contributed by atoms with E-state index in [0.29, 0.717) is 0 Å². The molecule has 0 N–H and O–H groups in total. The summed E-state index contributed by atoms with van der Waals surface area (Å²) < 4.78 is 0. The number of halogens is 1. The Hall–Kier alpha value is 1.56. The second-order valence-corrected chi connectivity index (χ2v) is 0.289. The minimum absolute atomic E-state index is 0. The first-order valence-electron chi connectivity index (χ1n) is 0.816. The summed E-state index contributed by atoms with van der Waals surface area (Å²) >= 11 is 0. The average molecular weight is 271 g/mol. The van der Waals surface area contributed by atoms with Gasteiger partial charge in [0.05, 0.1) is 0 Å². The van der Waals surface area contributed by atoms with Gasteiger partial charge in [0.1, 0.15) is 0 Å². The van der Waals surface area contributed by atoms with Crippen molar-refractivity contribution in [2.45, 2.75) is 0 Å². The van der Waals surface area contributed by atoms with Gasteiger partial charge in [0, 0.05) is 40.4 Å². The Labute approximate surface area is 75.9 Å². The van der Waals surface area contributed by atoms with Crippen LogP contribution in [0, 0.1) is 47.3 Å². The van der Waals surface area contributed by atoms with Crippen LogP contribution in [-0.4, -0.2) is 0 Å². The molecule has 0 aliphatic rings. The summed E-state index contributed by atoms with van der Waals surface area (Å²) in [5.41, 5.74) is 0. The van der Waals surface area contributed by atoms with Crippen LogP contribution in [0.15, 0.2) is 12.7 Å². The van der Waals surface area contributed by atoms with Crippen LogP contribution < -0.4 is 17.0 Å². The van der Waals surface area contributed by atoms with Gasteiger partial charge in [-0.05, 0) is 6.92 Å². The molecule has 0 aromatic heterocycles. The van der Waals surface area contributed by atoms with Gasteiger partial charge in [0.25, 0.3) is 0 Å². The molecule has 0 spiro atoms. The van der Waals surface area contributed by atoms with Crippen LogP contribution in [0.1, 0.15) is 0 Å². The Morgan fingerprint density at radius 3 is 1.40 bits per heavy atom. The SMILES string of the molecule is [Br-].[CH2]C=C.[Sm]. The molecule has 0 saturated heterocycles. The fraction of sp³-hybridized carbons (Fsp3) is 0. The van der Waals surface area contributed by atoms with Crippen LogP contribution in [0.25, 0.3) is 0 Å². The summed E-state index contributed by atoms with van der Waals surface area (Å²) in [6.45, 7) is 6.50. The molecule has 31 valence electrons. The molecule has 0 nitrogen and oxygen atoms in total. The number of rotatable bonds is 0. The van der Waals surface area contributed by atoms with Crippen LogP contribution in [0.3, 0.4) is 0 Å². The quantitative estimate of drug-likeness (QED) is 0.479. The molecular formula is C3H5BrSm-. The largest absolute Gasteiger partial charge is 1.00 e. The normalized spacial score (nSPS) is 2.60. The fourth-order valence-electron chi connectivity index (χ4n) is 0. The van der Waals surface area contributed by atoms with Gasteiger partial charge in [-0.15, -0.1) is 6.58 Å². The minimum Gasteiger partial charge on any atom is -1.00 e. The van der Waals surface area contributed by atoms with Crippen molar-refractivity contribution >= 4 is 0 Å². The average Bonchev–Trinajstić information content (AvgIpc) is 0.918. The van der Waals surface area contributed by atoms with E-state index in [1.165, 1.54) is 6.08 Å². The van der Waals surface area contributed by atoms with Crippen LogP contribution in [0.5, 0.6) is 0 Å². The predicted molar refractivity (Wildman–Crippen MR) is 15.6 cm³/mol. The Balaban J connectivity index is -0.0000000200. The van der Waals surface area contributed by atoms with Crippen molar-refractivity contribution in [3.05, 3.63) is 19.6 Å². The summed E-state index contributed by atoms with van der Waals surface area (Å²) in [5, 5.41) is 0. The van der Waals surface area contributed by atoms with Gasteiger partial charge in [-0.25, -0.2) is 0 Å². The molecule has 0 heterocycles. The molecule has 0 rings (SSSR count). The van der Waals surface area contributed by atoms with E-state index in [4.69, 9.17) is 0 Å². The van der Waals surface area contributed by atoms with Gasteiger partial charge >= 0.3 is 0 Å². The maximum absolute atomic E-state index is 3.25. The van der Waals surface area contributed by atoms with E-state index < -0.39 is 0 Å². The second-order valence-electron chi connectivity index (χ2n) is 0.289. The molecular weight excluding hydrogens is 266 g/mol. The maximum atomic E-state index is 3.25. The zero-order chi connectivity index (χ0) is 2.71. The molecule has 5 heavy (non-hydrogen) atoms. The van der Waals surface area contributed by atoms with Gasteiger partial charge in [-0.3, -0.25) is 0 Å². The van der Waals surface area contributed by atoms with Crippen molar-refractivity contribution in [1.29, 1.82) is 0 Å². The van der Waals surface area contributed by atoms with Crippen molar-refractivity contribution in [2.75, 3.05) is 0 Å². The zero-order valence-corrected chi connectivity index (χ0v) is 6.98. The van der Waals surface area contributed by atoms with E-state index in [1.54, 1.807) is 0 Å². The first-order valence-corrected chi connectivity index (χ1v) is 0.816. The van der Waals surface area contributed by atoms with E-state index in [-0.39, 0.29) is 57.4 Å². The first-order chi connectivity index (χ1) is 1.41. The second kappa shape index (κ2) is 17.6. The van der Waals surface area contributed by atoms with Gasteiger partial charge in [0.15, 0.2) is 0 Å². The molecule has 0 aromatic carbocycles. The summed E-state index contributed by atoms with van der Waals surface area (Å²) in [6, 6.07) is 0. The van der Waals surface area contributed by atoms with Gasteiger partial charge in [0.2, 0.25) is 0 Å². The summed E-state index contributed by atoms with van der Waals surface area (Å²) in [6.07, 6.45) is 1.50. The van der Waals surface area contributed by atoms with Gasteiger partial charge in [-0.2, -0.15) is 0 Å². The van der Waals surface area contributed by atoms with E-state index in [9.17, 15) is 0 Å². The Bertz CT molecular complexity index is 14.4. The predicted octanol–water partition coefficient (Wildman–Crippen LogP) is -1.99. The Kier molecular flexibility index (Phi) is 56.5. The summed E-state index contributed by atoms with van der Waals surface area (Å²) in [7, 11) is 0. The van der Waals surface area contributed by atoms with Crippen LogP contribution in [0.4, 0.5) is 0 Å². The molecule has 0 amide bonds. The van der Waals surface area contributed by atoms with Crippen molar-refractivity contribution in [3.63, 3.8) is 0 Å². The van der Waals surface area contributed by atoms with Crippen LogP contribution in [0.2, 0.25) is 0 Å². The van der Waals surface area contributed by atoms with Crippen LogP contribution >= 0.6 is 0 Å². The van der Waals surface area contributed by atoms with E-state index in [1.807, 2.05) is 0 Å². The van der Waals surface area contributed by atoms with Crippen molar-refractivity contribution in [3.8, 4) is 0 Å². The maximum Gasteiger partial charge on any atom is 0 e. The number of hydrogen-bond acceptors (Lipinski definition) is 0. The van der Waals surface area contributed by atoms with Gasteiger partial charge in [-0.1, -0.05) is 6.08 Å². The van der Waals surface area contributed by atoms with Crippen molar-refractivity contribution < 1.29 is 57.4 Å². The Morgan fingerprint density at radius 2 is 1.40 bits per heavy atom. The summed E-state index contributed by atoms with van der Waals surface area (Å²) in [5.74, 6) is 0. The molecule has 0 atom stereocenters. The van der Waals surface area contributed by atoms with Crippen LogP contribution in [-0.2, 0) is 0 Å². The Morgan fingerprint density at radius 1 is 1.40 bits per heavy atom. The van der Waals surface area contributed by atoms with E-state index >= 15 is 0 Å². The molecule has 0 fully saturated rings. The fourth-order valence-corrected chi connectivity index (χ4v) is 0. The zero-order valence-electron chi connectivity index (χ0n) is 2.78. The molecule has 0 aromatic rings. The minimum atomic E-state index is 0. The number of hydrogen-bond donors (Lipinski definition) is 0. The first kappa shape index (κ1) is 16.0. The third-order valence-electron chi connectivity index (χ3n) is 0. The smallest absolute Gasteiger partial charge is 0 e. The standard InChI is InChI=1S/C3H5.BrH.Sm/c1-3-2;;/h3H,1-2H2;1H;/p-1. The van der Waals surface area contributed by atoms with Crippen molar-refractivity contribution in [2.24, 2.45) is 0 Å². The third-order valence-corrected chi connectivity index (χ3v) is 0. The third kappa shape index (κ3) is 29.0. The van der Waals surface area contributed by atoms with E-state index in [2.05, 4.69) is 13.5 Å². The molecule has 1 radical (unpaired) electrons. The van der Waals surface area contributed by atoms with Gasteiger partial charge < -0.3 is 17.0 Å². The molecule has 0 unspecified atom stereocenters. The molecule has 2 heteroatoms. The molecule has 0 aliphatic heterocycles. The van der Waals surface area contributed by atoms with E-state index in [0.717, 1.165) is 0 Å². The topological polar surface area (TPSA) is 0 Å². The van der Waals surface area contributed by atoms with Crippen molar-refractivity contribution in [1.82, 2.24) is 0 Å². The number of allylic oxidation sites excluding steroid dienone is 1. The molecule has 0 bridgehead atoms. The monoisotopic (exact) mass is 272 g/mol.